The molecule has 1 aliphatic carbocycles. The zero-order valence-electron chi connectivity index (χ0n) is 10.0. The van der Waals surface area contributed by atoms with Crippen molar-refractivity contribution in [3.8, 4) is 0 Å². The number of hydrogen-bond donors (Lipinski definition) is 0. The van der Waals surface area contributed by atoms with Crippen molar-refractivity contribution in [2.24, 2.45) is 0 Å². The van der Waals surface area contributed by atoms with Crippen molar-refractivity contribution in [3.63, 3.8) is 0 Å². The van der Waals surface area contributed by atoms with Crippen LogP contribution in [0.2, 0.25) is 0 Å². The van der Waals surface area contributed by atoms with Crippen LogP contribution in [0.5, 0.6) is 0 Å². The van der Waals surface area contributed by atoms with Gasteiger partial charge >= 0.3 is 0 Å². The summed E-state index contributed by atoms with van der Waals surface area (Å²) in [5.74, 6) is 0. The van der Waals surface area contributed by atoms with E-state index < -0.39 is 6.17 Å². The minimum atomic E-state index is -0.615. The molecule has 2 atom stereocenters. The Morgan fingerprint density at radius 2 is 1.62 bits per heavy atom. The van der Waals surface area contributed by atoms with Gasteiger partial charge in [0.15, 0.2) is 0 Å². The lowest BCUT2D eigenvalue weighted by Gasteiger charge is -2.37. The number of piperidine rings is 1. The molecule has 93 valence electrons. The molecular formula is C13H23FNO. The predicted octanol–water partition coefficient (Wildman–Crippen LogP) is 2.94. The third-order valence-corrected chi connectivity index (χ3v) is 4.08. The highest BCUT2D eigenvalue weighted by molar-refractivity contribution is 4.81. The minimum Gasteiger partial charge on any atom is -0.300 e. The zero-order valence-corrected chi connectivity index (χ0v) is 10.0. The lowest BCUT2D eigenvalue weighted by molar-refractivity contribution is 0.00717. The van der Waals surface area contributed by atoms with Crippen LogP contribution in [0.1, 0.15) is 51.4 Å². The Labute approximate surface area is 97.8 Å². The fourth-order valence-electron chi connectivity index (χ4n) is 3.03. The van der Waals surface area contributed by atoms with Gasteiger partial charge in [-0.3, -0.25) is 0 Å². The van der Waals surface area contributed by atoms with Gasteiger partial charge in [0.1, 0.15) is 6.17 Å². The number of likely N-dealkylation sites (tertiary alicyclic amines) is 1. The fraction of sp³-hybridized carbons (Fsp3) is 1.00. The molecule has 0 bridgehead atoms. The predicted molar refractivity (Wildman–Crippen MR) is 61.7 cm³/mol. The number of rotatable bonds is 1. The first-order valence-electron chi connectivity index (χ1n) is 6.79. The van der Waals surface area contributed by atoms with Crippen LogP contribution in [0.3, 0.4) is 0 Å². The maximum absolute atomic E-state index is 13.6. The van der Waals surface area contributed by atoms with Gasteiger partial charge in [-0.25, -0.2) is 9.50 Å². The van der Waals surface area contributed by atoms with Crippen LogP contribution >= 0.6 is 0 Å². The molecular weight excluding hydrogens is 205 g/mol. The molecule has 1 heterocycles. The maximum atomic E-state index is 13.6. The maximum Gasteiger partial charge on any atom is 0.102 e. The normalized spacial score (nSPS) is 35.6. The second-order valence-corrected chi connectivity index (χ2v) is 5.36. The molecule has 1 radical (unpaired) electrons. The van der Waals surface area contributed by atoms with Gasteiger partial charge in [-0.2, -0.15) is 0 Å². The van der Waals surface area contributed by atoms with Crippen molar-refractivity contribution in [1.82, 2.24) is 4.90 Å². The number of halogens is 1. The molecule has 0 spiro atoms. The van der Waals surface area contributed by atoms with Gasteiger partial charge in [-0.1, -0.05) is 19.3 Å². The summed E-state index contributed by atoms with van der Waals surface area (Å²) in [6.07, 6.45) is 6.56. The summed E-state index contributed by atoms with van der Waals surface area (Å²) in [4.78, 5) is 2.37. The molecule has 1 aliphatic heterocycles. The van der Waals surface area contributed by atoms with E-state index in [0.717, 1.165) is 45.2 Å². The Morgan fingerprint density at radius 3 is 2.38 bits per heavy atom. The van der Waals surface area contributed by atoms with E-state index in [0.29, 0.717) is 12.5 Å². The van der Waals surface area contributed by atoms with Crippen LogP contribution in [0, 0.1) is 0 Å². The van der Waals surface area contributed by atoms with E-state index in [-0.39, 0.29) is 6.10 Å². The van der Waals surface area contributed by atoms with Crippen molar-refractivity contribution in [1.29, 1.82) is 0 Å². The quantitative estimate of drug-likeness (QED) is 0.676. The van der Waals surface area contributed by atoms with E-state index in [9.17, 15) is 9.50 Å². The molecule has 2 aliphatic rings. The molecule has 1 saturated carbocycles. The fourth-order valence-corrected chi connectivity index (χ4v) is 3.03. The standard InChI is InChI=1S/C13H23FNO/c14-11-4-2-1-3-5-12(10-11)15-8-6-13(16)7-9-15/h11-13H,1-10H2. The molecule has 1 saturated heterocycles. The summed E-state index contributed by atoms with van der Waals surface area (Å²) in [5.41, 5.74) is 0. The molecule has 0 N–H and O–H groups in total. The van der Waals surface area contributed by atoms with E-state index in [4.69, 9.17) is 0 Å². The van der Waals surface area contributed by atoms with Crippen LogP contribution in [0.15, 0.2) is 0 Å². The zero-order chi connectivity index (χ0) is 11.4. The van der Waals surface area contributed by atoms with E-state index in [1.807, 2.05) is 0 Å². The monoisotopic (exact) mass is 228 g/mol. The lowest BCUT2D eigenvalue weighted by atomic mass is 9.93. The second kappa shape index (κ2) is 5.97. The smallest absolute Gasteiger partial charge is 0.102 e. The first-order chi connectivity index (χ1) is 7.75. The Balaban J connectivity index is 1.85. The molecule has 2 nitrogen and oxygen atoms in total. The average molecular weight is 228 g/mol. The summed E-state index contributed by atoms with van der Waals surface area (Å²) < 4.78 is 13.6. The van der Waals surface area contributed by atoms with Gasteiger partial charge in [-0.15, -0.1) is 0 Å². The van der Waals surface area contributed by atoms with E-state index >= 15 is 0 Å². The van der Waals surface area contributed by atoms with Crippen molar-refractivity contribution in [2.45, 2.75) is 69.7 Å². The van der Waals surface area contributed by atoms with Crippen LogP contribution in [-0.4, -0.2) is 36.3 Å². The van der Waals surface area contributed by atoms with Crippen LogP contribution in [-0.2, 0) is 5.11 Å². The summed E-state index contributed by atoms with van der Waals surface area (Å²) in [6.45, 7) is 1.79. The molecule has 0 aromatic rings. The molecule has 0 aromatic carbocycles. The van der Waals surface area contributed by atoms with Gasteiger partial charge in [-0.05, 0) is 32.1 Å². The minimum absolute atomic E-state index is 0.369. The highest BCUT2D eigenvalue weighted by Gasteiger charge is 2.27. The third-order valence-electron chi connectivity index (χ3n) is 4.08. The van der Waals surface area contributed by atoms with Crippen LogP contribution in [0.25, 0.3) is 0 Å². The molecule has 2 fully saturated rings. The van der Waals surface area contributed by atoms with Crippen molar-refractivity contribution >= 4 is 0 Å². The first kappa shape index (κ1) is 12.3. The molecule has 2 rings (SSSR count). The molecule has 0 amide bonds. The number of hydrogen-bond acceptors (Lipinski definition) is 1. The largest absolute Gasteiger partial charge is 0.300 e. The Morgan fingerprint density at radius 1 is 0.938 bits per heavy atom. The highest BCUT2D eigenvalue weighted by atomic mass is 19.1. The molecule has 3 heteroatoms. The average Bonchev–Trinajstić information content (AvgIpc) is 2.24. The van der Waals surface area contributed by atoms with E-state index in [1.54, 1.807) is 0 Å². The third kappa shape index (κ3) is 3.42. The summed E-state index contributed by atoms with van der Waals surface area (Å²) in [6, 6.07) is 0.405. The Bertz CT molecular complexity index is 204. The van der Waals surface area contributed by atoms with Gasteiger partial charge < -0.3 is 4.90 Å². The van der Waals surface area contributed by atoms with Gasteiger partial charge in [0.2, 0.25) is 0 Å². The molecule has 16 heavy (non-hydrogen) atoms. The Kier molecular flexibility index (Phi) is 4.59. The highest BCUT2D eigenvalue weighted by Crippen LogP contribution is 2.25. The number of alkyl halides is 1. The topological polar surface area (TPSA) is 23.1 Å². The lowest BCUT2D eigenvalue weighted by Crippen LogP contribution is -2.43. The van der Waals surface area contributed by atoms with Gasteiger partial charge in [0.25, 0.3) is 0 Å². The van der Waals surface area contributed by atoms with Crippen molar-refractivity contribution in [3.05, 3.63) is 0 Å². The summed E-state index contributed by atoms with van der Waals surface area (Å²) >= 11 is 0. The van der Waals surface area contributed by atoms with Crippen LogP contribution < -0.4 is 0 Å². The first-order valence-corrected chi connectivity index (χ1v) is 6.79. The second-order valence-electron chi connectivity index (χ2n) is 5.36. The van der Waals surface area contributed by atoms with E-state index in [1.165, 1.54) is 12.8 Å². The van der Waals surface area contributed by atoms with E-state index in [2.05, 4.69) is 4.90 Å². The SMILES string of the molecule is [O]C1CCN(C2CCCCCC(F)C2)CC1. The summed E-state index contributed by atoms with van der Waals surface area (Å²) in [5, 5.41) is 11.3. The van der Waals surface area contributed by atoms with Crippen molar-refractivity contribution in [2.75, 3.05) is 13.1 Å². The number of nitrogens with zero attached hydrogens (tertiary/aromatic N) is 1. The molecule has 2 unspecified atom stereocenters. The summed E-state index contributed by atoms with van der Waals surface area (Å²) in [7, 11) is 0. The van der Waals surface area contributed by atoms with Gasteiger partial charge in [0, 0.05) is 19.1 Å². The van der Waals surface area contributed by atoms with Gasteiger partial charge in [0.05, 0.1) is 6.10 Å². The van der Waals surface area contributed by atoms with Crippen molar-refractivity contribution < 1.29 is 9.50 Å². The molecule has 0 aromatic heterocycles. The Hall–Kier alpha value is -0.150. The van der Waals surface area contributed by atoms with Crippen LogP contribution in [0.4, 0.5) is 4.39 Å².